The molecule has 0 fully saturated rings. The number of para-hydroxylation sites is 1. The topological polar surface area (TPSA) is 36.1 Å². The molecule has 0 saturated heterocycles. The molecule has 1 aromatic heterocycles. The van der Waals surface area contributed by atoms with E-state index in [1.165, 1.54) is 38.2 Å². The quantitative estimate of drug-likeness (QED) is 0.708. The van der Waals surface area contributed by atoms with Crippen molar-refractivity contribution in [1.82, 2.24) is 9.88 Å². The highest BCUT2D eigenvalue weighted by Gasteiger charge is 2.23. The van der Waals surface area contributed by atoms with Gasteiger partial charge >= 0.3 is 0 Å². The van der Waals surface area contributed by atoms with Crippen LogP contribution in [0, 0.1) is 13.8 Å². The number of fused-ring (bicyclic) bond motifs is 3. The minimum atomic E-state index is 0.223. The number of thioether (sulfide) groups is 1. The fraction of sp³-hybridized carbons (Fsp3) is 0.286. The molecule has 1 amide bonds. The summed E-state index contributed by atoms with van der Waals surface area (Å²) in [5.74, 6) is 0.725. The second-order valence-electron chi connectivity index (χ2n) is 6.75. The Morgan fingerprint density at radius 3 is 2.88 bits per heavy atom. The first-order valence-corrected chi connectivity index (χ1v) is 9.66. The van der Waals surface area contributed by atoms with E-state index in [1.807, 2.05) is 11.0 Å². The van der Waals surface area contributed by atoms with Crippen LogP contribution in [-0.2, 0) is 17.8 Å². The van der Waals surface area contributed by atoms with Crippen LogP contribution in [0.15, 0.2) is 47.4 Å². The third-order valence-electron chi connectivity index (χ3n) is 4.92. The van der Waals surface area contributed by atoms with Gasteiger partial charge in [0.2, 0.25) is 5.91 Å². The van der Waals surface area contributed by atoms with E-state index >= 15 is 0 Å². The molecular formula is C21H22N2OS. The first-order chi connectivity index (χ1) is 12.1. The van der Waals surface area contributed by atoms with Gasteiger partial charge in [-0.1, -0.05) is 35.9 Å². The summed E-state index contributed by atoms with van der Waals surface area (Å²) in [5, 5.41) is 1.25. The SMILES string of the molecule is Cc1ccc(SCC(=O)N2CCc3[nH]c4ccccc4c3C2)c(C)c1. The fourth-order valence-electron chi connectivity index (χ4n) is 3.57. The molecule has 128 valence electrons. The molecule has 0 saturated carbocycles. The largest absolute Gasteiger partial charge is 0.358 e. The molecule has 4 rings (SSSR count). The Balaban J connectivity index is 1.46. The van der Waals surface area contributed by atoms with E-state index in [2.05, 4.69) is 55.2 Å². The molecule has 0 unspecified atom stereocenters. The lowest BCUT2D eigenvalue weighted by Gasteiger charge is -2.27. The number of nitrogens with one attached hydrogen (secondary N) is 1. The number of amides is 1. The average molecular weight is 350 g/mol. The number of rotatable bonds is 3. The Morgan fingerprint density at radius 2 is 2.04 bits per heavy atom. The maximum absolute atomic E-state index is 12.7. The highest BCUT2D eigenvalue weighted by molar-refractivity contribution is 8.00. The third-order valence-corrected chi connectivity index (χ3v) is 6.08. The molecule has 3 aromatic rings. The molecule has 0 bridgehead atoms. The maximum Gasteiger partial charge on any atom is 0.233 e. The molecule has 1 aliphatic rings. The lowest BCUT2D eigenvalue weighted by atomic mass is 10.0. The van der Waals surface area contributed by atoms with Gasteiger partial charge in [-0.2, -0.15) is 0 Å². The predicted molar refractivity (Wildman–Crippen MR) is 104 cm³/mol. The average Bonchev–Trinajstić information content (AvgIpc) is 2.98. The van der Waals surface area contributed by atoms with Crippen molar-refractivity contribution in [3.05, 3.63) is 64.8 Å². The molecule has 2 heterocycles. The summed E-state index contributed by atoms with van der Waals surface area (Å²) >= 11 is 1.65. The molecule has 0 atom stereocenters. The smallest absolute Gasteiger partial charge is 0.233 e. The van der Waals surface area contributed by atoms with Crippen LogP contribution in [-0.4, -0.2) is 28.1 Å². The third kappa shape index (κ3) is 3.19. The number of aromatic amines is 1. The number of aromatic nitrogens is 1. The van der Waals surface area contributed by atoms with E-state index < -0.39 is 0 Å². The molecular weight excluding hydrogens is 328 g/mol. The van der Waals surface area contributed by atoms with Crippen LogP contribution >= 0.6 is 11.8 Å². The van der Waals surface area contributed by atoms with Crippen LogP contribution in [0.4, 0.5) is 0 Å². The van der Waals surface area contributed by atoms with Crippen molar-refractivity contribution < 1.29 is 4.79 Å². The Bertz CT molecular complexity index is 944. The summed E-state index contributed by atoms with van der Waals surface area (Å²) in [6.45, 7) is 5.72. The summed E-state index contributed by atoms with van der Waals surface area (Å²) in [4.78, 5) is 19.4. The van der Waals surface area contributed by atoms with E-state index in [1.54, 1.807) is 11.8 Å². The summed E-state index contributed by atoms with van der Waals surface area (Å²) < 4.78 is 0. The molecule has 25 heavy (non-hydrogen) atoms. The standard InChI is InChI=1S/C21H22N2OS/c1-14-7-8-20(15(2)11-14)25-13-21(24)23-10-9-19-17(12-23)16-5-3-4-6-18(16)22-19/h3-8,11,22H,9-10,12-13H2,1-2H3. The lowest BCUT2D eigenvalue weighted by molar-refractivity contribution is -0.129. The second kappa shape index (κ2) is 6.60. The minimum Gasteiger partial charge on any atom is -0.358 e. The zero-order valence-electron chi connectivity index (χ0n) is 14.6. The van der Waals surface area contributed by atoms with Gasteiger partial charge in [-0.25, -0.2) is 0 Å². The number of aryl methyl sites for hydroxylation is 2. The van der Waals surface area contributed by atoms with E-state index in [-0.39, 0.29) is 5.91 Å². The van der Waals surface area contributed by atoms with Crippen molar-refractivity contribution in [2.45, 2.75) is 31.7 Å². The molecule has 0 radical (unpaired) electrons. The van der Waals surface area contributed by atoms with Crippen LogP contribution < -0.4 is 0 Å². The molecule has 4 heteroatoms. The van der Waals surface area contributed by atoms with Crippen LogP contribution in [0.1, 0.15) is 22.4 Å². The van der Waals surface area contributed by atoms with Gasteiger partial charge in [-0.3, -0.25) is 4.79 Å². The number of benzene rings is 2. The van der Waals surface area contributed by atoms with E-state index in [4.69, 9.17) is 0 Å². The van der Waals surface area contributed by atoms with E-state index in [0.29, 0.717) is 12.3 Å². The van der Waals surface area contributed by atoms with E-state index in [9.17, 15) is 4.79 Å². The number of carbonyl (C=O) groups is 1. The molecule has 1 aliphatic heterocycles. The van der Waals surface area contributed by atoms with E-state index in [0.717, 1.165) is 13.0 Å². The number of H-pyrrole nitrogens is 1. The van der Waals surface area contributed by atoms with Gasteiger partial charge in [0.1, 0.15) is 0 Å². The first-order valence-electron chi connectivity index (χ1n) is 8.68. The van der Waals surface area contributed by atoms with Crippen molar-refractivity contribution in [2.24, 2.45) is 0 Å². The van der Waals surface area contributed by atoms with Gasteiger partial charge in [-0.05, 0) is 31.5 Å². The number of carbonyl (C=O) groups excluding carboxylic acids is 1. The number of hydrogen-bond acceptors (Lipinski definition) is 2. The number of hydrogen-bond donors (Lipinski definition) is 1. The van der Waals surface area contributed by atoms with Crippen molar-refractivity contribution in [1.29, 1.82) is 0 Å². The fourth-order valence-corrected chi connectivity index (χ4v) is 4.48. The molecule has 0 aliphatic carbocycles. The van der Waals surface area contributed by atoms with Crippen LogP contribution in [0.5, 0.6) is 0 Å². The molecule has 2 aromatic carbocycles. The van der Waals surface area contributed by atoms with Crippen molar-refractivity contribution in [2.75, 3.05) is 12.3 Å². The summed E-state index contributed by atoms with van der Waals surface area (Å²) in [6, 6.07) is 14.8. The Kier molecular flexibility index (Phi) is 4.30. The first kappa shape index (κ1) is 16.3. The highest BCUT2D eigenvalue weighted by atomic mass is 32.2. The maximum atomic E-state index is 12.7. The minimum absolute atomic E-state index is 0.223. The van der Waals surface area contributed by atoms with Crippen molar-refractivity contribution in [3.63, 3.8) is 0 Å². The zero-order chi connectivity index (χ0) is 17.4. The monoisotopic (exact) mass is 350 g/mol. The zero-order valence-corrected chi connectivity index (χ0v) is 15.5. The molecule has 1 N–H and O–H groups in total. The number of nitrogens with zero attached hydrogens (tertiary/aromatic N) is 1. The second-order valence-corrected chi connectivity index (χ2v) is 7.77. The Hall–Kier alpha value is -2.20. The van der Waals surface area contributed by atoms with Crippen LogP contribution in [0.3, 0.4) is 0 Å². The Morgan fingerprint density at radius 1 is 1.20 bits per heavy atom. The summed E-state index contributed by atoms with van der Waals surface area (Å²) in [5.41, 5.74) is 6.25. The molecule has 3 nitrogen and oxygen atoms in total. The van der Waals surface area contributed by atoms with Gasteiger partial charge in [-0.15, -0.1) is 11.8 Å². The lowest BCUT2D eigenvalue weighted by Crippen LogP contribution is -2.36. The normalized spacial score (nSPS) is 13.9. The Labute approximate surface area is 152 Å². The van der Waals surface area contributed by atoms with Gasteiger partial charge in [0.25, 0.3) is 0 Å². The highest BCUT2D eigenvalue weighted by Crippen LogP contribution is 2.29. The van der Waals surface area contributed by atoms with Crippen LogP contribution in [0.2, 0.25) is 0 Å². The van der Waals surface area contributed by atoms with Crippen molar-refractivity contribution in [3.8, 4) is 0 Å². The summed E-state index contributed by atoms with van der Waals surface area (Å²) in [6.07, 6.45) is 0.907. The van der Waals surface area contributed by atoms with Crippen molar-refractivity contribution >= 4 is 28.6 Å². The van der Waals surface area contributed by atoms with Gasteiger partial charge < -0.3 is 9.88 Å². The predicted octanol–water partition coefficient (Wildman–Crippen LogP) is 4.46. The van der Waals surface area contributed by atoms with Gasteiger partial charge in [0.05, 0.1) is 5.75 Å². The molecule has 0 spiro atoms. The van der Waals surface area contributed by atoms with Gasteiger partial charge in [0.15, 0.2) is 0 Å². The summed E-state index contributed by atoms with van der Waals surface area (Å²) in [7, 11) is 0. The van der Waals surface area contributed by atoms with Crippen LogP contribution in [0.25, 0.3) is 10.9 Å². The van der Waals surface area contributed by atoms with Gasteiger partial charge in [0, 0.05) is 46.6 Å².